The summed E-state index contributed by atoms with van der Waals surface area (Å²) >= 11 is 0. The average molecular weight is 437 g/mol. The number of benzene rings is 2. The summed E-state index contributed by atoms with van der Waals surface area (Å²) in [4.78, 5) is 54.0. The van der Waals surface area contributed by atoms with Crippen molar-refractivity contribution in [3.05, 3.63) is 65.2 Å². The molecule has 0 spiro atoms. The van der Waals surface area contributed by atoms with Gasteiger partial charge in [0.1, 0.15) is 6.04 Å². The van der Waals surface area contributed by atoms with Crippen LogP contribution in [0.5, 0.6) is 0 Å². The van der Waals surface area contributed by atoms with Gasteiger partial charge in [0.2, 0.25) is 5.91 Å². The van der Waals surface area contributed by atoms with Crippen LogP contribution in [0.1, 0.15) is 60.4 Å². The molecular weight excluding hydrogens is 408 g/mol. The van der Waals surface area contributed by atoms with Gasteiger partial charge in [-0.1, -0.05) is 17.7 Å². The Bertz CT molecular complexity index is 1050. The third kappa shape index (κ3) is 4.56. The maximum atomic E-state index is 13.4. The number of imide groups is 1. The molecular formula is C25H28N2O5. The van der Waals surface area contributed by atoms with Gasteiger partial charge in [0.25, 0.3) is 11.8 Å². The summed E-state index contributed by atoms with van der Waals surface area (Å²) < 4.78 is 4.97. The Hall–Kier alpha value is -3.48. The van der Waals surface area contributed by atoms with Crippen LogP contribution in [-0.2, 0) is 14.3 Å². The van der Waals surface area contributed by atoms with Crippen LogP contribution in [-0.4, -0.2) is 46.8 Å². The van der Waals surface area contributed by atoms with E-state index >= 15 is 0 Å². The van der Waals surface area contributed by atoms with Crippen LogP contribution in [0.15, 0.2) is 48.5 Å². The van der Waals surface area contributed by atoms with Crippen LogP contribution in [0.2, 0.25) is 0 Å². The summed E-state index contributed by atoms with van der Waals surface area (Å²) in [6.07, 6.45) is -0.104. The molecule has 32 heavy (non-hydrogen) atoms. The van der Waals surface area contributed by atoms with Crippen molar-refractivity contribution in [2.45, 2.75) is 52.6 Å². The minimum atomic E-state index is -0.916. The molecule has 0 bridgehead atoms. The molecule has 0 aromatic heterocycles. The van der Waals surface area contributed by atoms with Crippen molar-refractivity contribution < 1.29 is 23.9 Å². The molecule has 1 unspecified atom stereocenters. The topological polar surface area (TPSA) is 84.0 Å². The van der Waals surface area contributed by atoms with E-state index in [0.29, 0.717) is 16.8 Å². The van der Waals surface area contributed by atoms with Crippen molar-refractivity contribution in [2.75, 3.05) is 11.5 Å². The Morgan fingerprint density at radius 3 is 2.28 bits per heavy atom. The molecule has 2 aromatic carbocycles. The largest absolute Gasteiger partial charge is 0.462 e. The summed E-state index contributed by atoms with van der Waals surface area (Å²) in [6, 6.07) is 12.4. The lowest BCUT2D eigenvalue weighted by molar-refractivity contribution is -0.123. The minimum absolute atomic E-state index is 0.104. The molecule has 1 fully saturated rings. The van der Waals surface area contributed by atoms with Crippen molar-refractivity contribution in [2.24, 2.45) is 0 Å². The number of aryl methyl sites for hydroxylation is 1. The van der Waals surface area contributed by atoms with E-state index in [2.05, 4.69) is 0 Å². The lowest BCUT2D eigenvalue weighted by Crippen LogP contribution is -2.54. The average Bonchev–Trinajstić information content (AvgIpc) is 3.01. The van der Waals surface area contributed by atoms with Gasteiger partial charge in [-0.15, -0.1) is 0 Å². The van der Waals surface area contributed by atoms with E-state index in [4.69, 9.17) is 4.74 Å². The highest BCUT2D eigenvalue weighted by Crippen LogP contribution is 2.31. The molecule has 7 nitrogen and oxygen atoms in total. The van der Waals surface area contributed by atoms with E-state index in [-0.39, 0.29) is 18.9 Å². The van der Waals surface area contributed by atoms with Crippen LogP contribution in [0.25, 0.3) is 0 Å². The lowest BCUT2D eigenvalue weighted by Gasteiger charge is -2.39. The van der Waals surface area contributed by atoms with E-state index in [1.54, 1.807) is 25.1 Å². The predicted octanol–water partition coefficient (Wildman–Crippen LogP) is 3.74. The Balaban J connectivity index is 1.91. The SMILES string of the molecule is CCOC(=O)c1ccc(N2C(=O)CC(N(C(=O)c3cccc(C)c3)C(C)(C)C)C2=O)cc1. The second-order valence-corrected chi connectivity index (χ2v) is 8.77. The van der Waals surface area contributed by atoms with Crippen LogP contribution in [0, 0.1) is 6.92 Å². The van der Waals surface area contributed by atoms with E-state index in [1.807, 2.05) is 33.8 Å². The second-order valence-electron chi connectivity index (χ2n) is 8.77. The number of carbonyl (C=O) groups excluding carboxylic acids is 4. The maximum absolute atomic E-state index is 13.4. The third-order valence-electron chi connectivity index (χ3n) is 5.28. The highest BCUT2D eigenvalue weighted by molar-refractivity contribution is 6.23. The molecule has 1 aliphatic rings. The molecule has 168 valence electrons. The quantitative estimate of drug-likeness (QED) is 0.527. The summed E-state index contributed by atoms with van der Waals surface area (Å²) in [7, 11) is 0. The number of nitrogens with zero attached hydrogens (tertiary/aromatic N) is 2. The van der Waals surface area contributed by atoms with Crippen molar-refractivity contribution in [1.82, 2.24) is 4.90 Å². The van der Waals surface area contributed by atoms with E-state index in [1.165, 1.54) is 29.2 Å². The Morgan fingerprint density at radius 2 is 1.72 bits per heavy atom. The fourth-order valence-electron chi connectivity index (χ4n) is 3.88. The van der Waals surface area contributed by atoms with Gasteiger partial charge in [-0.3, -0.25) is 14.4 Å². The molecule has 1 heterocycles. The molecule has 3 amide bonds. The molecule has 0 radical (unpaired) electrons. The first-order chi connectivity index (χ1) is 15.0. The number of ether oxygens (including phenoxy) is 1. The van der Waals surface area contributed by atoms with Crippen molar-refractivity contribution >= 4 is 29.4 Å². The minimum Gasteiger partial charge on any atom is -0.462 e. The smallest absolute Gasteiger partial charge is 0.338 e. The zero-order valence-corrected chi connectivity index (χ0v) is 19.0. The summed E-state index contributed by atoms with van der Waals surface area (Å²) in [5.41, 5.74) is 1.40. The third-order valence-corrected chi connectivity index (χ3v) is 5.28. The summed E-state index contributed by atoms with van der Waals surface area (Å²) in [6.45, 7) is 9.39. The normalized spacial score (nSPS) is 16.3. The van der Waals surface area contributed by atoms with Crippen molar-refractivity contribution in [3.8, 4) is 0 Å². The van der Waals surface area contributed by atoms with Gasteiger partial charge in [-0.05, 0) is 71.0 Å². The first-order valence-corrected chi connectivity index (χ1v) is 10.6. The first kappa shape index (κ1) is 23.2. The molecule has 1 saturated heterocycles. The van der Waals surface area contributed by atoms with Crippen LogP contribution in [0.3, 0.4) is 0 Å². The zero-order valence-electron chi connectivity index (χ0n) is 19.0. The first-order valence-electron chi connectivity index (χ1n) is 10.6. The molecule has 2 aromatic rings. The summed E-state index contributed by atoms with van der Waals surface area (Å²) in [5.74, 6) is -1.63. The number of hydrogen-bond donors (Lipinski definition) is 0. The van der Waals surface area contributed by atoms with E-state index in [9.17, 15) is 19.2 Å². The van der Waals surface area contributed by atoms with E-state index < -0.39 is 29.4 Å². The second kappa shape index (κ2) is 8.94. The van der Waals surface area contributed by atoms with Crippen LogP contribution < -0.4 is 4.90 Å². The van der Waals surface area contributed by atoms with Crippen molar-refractivity contribution in [1.29, 1.82) is 0 Å². The van der Waals surface area contributed by atoms with Gasteiger partial charge in [-0.25, -0.2) is 9.69 Å². The molecule has 0 saturated carbocycles. The number of hydrogen-bond acceptors (Lipinski definition) is 5. The highest BCUT2D eigenvalue weighted by Gasteiger charge is 2.47. The van der Waals surface area contributed by atoms with Crippen molar-refractivity contribution in [3.63, 3.8) is 0 Å². The predicted molar refractivity (Wildman–Crippen MR) is 120 cm³/mol. The standard InChI is InChI=1S/C25H28N2O5/c1-6-32-24(31)17-10-12-19(13-11-17)26-21(28)15-20(23(26)30)27(25(3,4)5)22(29)18-9-7-8-16(2)14-18/h7-14,20H,6,15H2,1-5H3. The highest BCUT2D eigenvalue weighted by atomic mass is 16.5. The molecule has 1 aliphatic heterocycles. The molecule has 1 atom stereocenters. The summed E-state index contributed by atoms with van der Waals surface area (Å²) in [5, 5.41) is 0. The van der Waals surface area contributed by atoms with Gasteiger partial charge in [0, 0.05) is 11.1 Å². The number of anilines is 1. The Morgan fingerprint density at radius 1 is 1.06 bits per heavy atom. The number of amides is 3. The van der Waals surface area contributed by atoms with Gasteiger partial charge in [0.15, 0.2) is 0 Å². The Kier molecular flexibility index (Phi) is 6.48. The molecule has 0 N–H and O–H groups in total. The Labute approximate surface area is 188 Å². The fourth-order valence-corrected chi connectivity index (χ4v) is 3.88. The number of carbonyl (C=O) groups is 4. The van der Waals surface area contributed by atoms with Gasteiger partial charge in [0.05, 0.1) is 24.3 Å². The fraction of sp³-hybridized carbons (Fsp3) is 0.360. The molecule has 7 heteroatoms. The van der Waals surface area contributed by atoms with E-state index in [0.717, 1.165) is 10.5 Å². The number of esters is 1. The molecule has 3 rings (SSSR count). The monoisotopic (exact) mass is 436 g/mol. The van der Waals surface area contributed by atoms with Gasteiger partial charge < -0.3 is 9.64 Å². The lowest BCUT2D eigenvalue weighted by atomic mass is 9.99. The van der Waals surface area contributed by atoms with Crippen LogP contribution >= 0.6 is 0 Å². The maximum Gasteiger partial charge on any atom is 0.338 e. The zero-order chi connectivity index (χ0) is 23.6. The van der Waals surface area contributed by atoms with Gasteiger partial charge >= 0.3 is 5.97 Å². The van der Waals surface area contributed by atoms with Gasteiger partial charge in [-0.2, -0.15) is 0 Å². The van der Waals surface area contributed by atoms with Crippen LogP contribution in [0.4, 0.5) is 5.69 Å². The molecule has 0 aliphatic carbocycles. The number of rotatable bonds is 5.